The van der Waals surface area contributed by atoms with Crippen molar-refractivity contribution in [3.63, 3.8) is 0 Å². The van der Waals surface area contributed by atoms with Crippen molar-refractivity contribution in [2.75, 3.05) is 0 Å². The normalized spacial score (nSPS) is 17.1. The molecule has 0 saturated heterocycles. The highest BCUT2D eigenvalue weighted by molar-refractivity contribution is 5.74. The molecule has 3 heteroatoms. The first-order chi connectivity index (χ1) is 7.02. The van der Waals surface area contributed by atoms with Gasteiger partial charge in [0.25, 0.3) is 0 Å². The van der Waals surface area contributed by atoms with E-state index in [1.165, 1.54) is 0 Å². The SMILES string of the molecule is CCCCC(CC)(CC(O)CC)C(=O)O. The molecule has 0 aliphatic rings. The predicted molar refractivity (Wildman–Crippen MR) is 60.8 cm³/mol. The summed E-state index contributed by atoms with van der Waals surface area (Å²) in [5.41, 5.74) is -0.717. The summed E-state index contributed by atoms with van der Waals surface area (Å²) < 4.78 is 0. The predicted octanol–water partition coefficient (Wildman–Crippen LogP) is 2.82. The van der Waals surface area contributed by atoms with E-state index >= 15 is 0 Å². The molecule has 0 aromatic heterocycles. The maximum atomic E-state index is 11.3. The van der Waals surface area contributed by atoms with Gasteiger partial charge in [0.15, 0.2) is 0 Å². The Balaban J connectivity index is 4.57. The van der Waals surface area contributed by atoms with E-state index in [1.54, 1.807) is 0 Å². The Kier molecular flexibility index (Phi) is 6.57. The summed E-state index contributed by atoms with van der Waals surface area (Å²) >= 11 is 0. The minimum Gasteiger partial charge on any atom is -0.481 e. The van der Waals surface area contributed by atoms with Gasteiger partial charge in [-0.05, 0) is 25.7 Å². The van der Waals surface area contributed by atoms with Gasteiger partial charge in [-0.25, -0.2) is 0 Å². The highest BCUT2D eigenvalue weighted by Crippen LogP contribution is 2.35. The molecule has 0 aliphatic heterocycles. The van der Waals surface area contributed by atoms with E-state index in [2.05, 4.69) is 6.92 Å². The number of aliphatic carboxylic acids is 1. The van der Waals surface area contributed by atoms with Crippen LogP contribution in [0.5, 0.6) is 0 Å². The molecule has 3 nitrogen and oxygen atoms in total. The Hall–Kier alpha value is -0.570. The number of hydrogen-bond acceptors (Lipinski definition) is 2. The van der Waals surface area contributed by atoms with Crippen LogP contribution in [0.1, 0.15) is 59.3 Å². The Morgan fingerprint density at radius 3 is 2.27 bits per heavy atom. The average Bonchev–Trinajstić information content (AvgIpc) is 2.23. The van der Waals surface area contributed by atoms with Gasteiger partial charge >= 0.3 is 5.97 Å². The molecule has 0 aliphatic carbocycles. The summed E-state index contributed by atoms with van der Waals surface area (Å²) in [6, 6.07) is 0. The van der Waals surface area contributed by atoms with Gasteiger partial charge in [0.05, 0.1) is 11.5 Å². The fourth-order valence-corrected chi connectivity index (χ4v) is 1.88. The van der Waals surface area contributed by atoms with Crippen LogP contribution in [0.15, 0.2) is 0 Å². The Labute approximate surface area is 92.5 Å². The van der Waals surface area contributed by atoms with E-state index in [0.717, 1.165) is 12.8 Å². The lowest BCUT2D eigenvalue weighted by molar-refractivity contribution is -0.152. The lowest BCUT2D eigenvalue weighted by atomic mass is 9.75. The smallest absolute Gasteiger partial charge is 0.309 e. The van der Waals surface area contributed by atoms with Crippen LogP contribution in [0.4, 0.5) is 0 Å². The van der Waals surface area contributed by atoms with Gasteiger partial charge in [0, 0.05) is 0 Å². The van der Waals surface area contributed by atoms with E-state index in [0.29, 0.717) is 25.7 Å². The number of rotatable bonds is 8. The van der Waals surface area contributed by atoms with Gasteiger partial charge in [-0.2, -0.15) is 0 Å². The first-order valence-corrected chi connectivity index (χ1v) is 5.93. The fraction of sp³-hybridized carbons (Fsp3) is 0.917. The van der Waals surface area contributed by atoms with E-state index in [4.69, 9.17) is 0 Å². The highest BCUT2D eigenvalue weighted by Gasteiger charge is 2.37. The second kappa shape index (κ2) is 6.83. The zero-order chi connectivity index (χ0) is 11.9. The minimum absolute atomic E-state index is 0.384. The number of hydrogen-bond donors (Lipinski definition) is 2. The molecule has 0 rings (SSSR count). The molecule has 0 fully saturated rings. The molecule has 0 saturated carbocycles. The Morgan fingerprint density at radius 1 is 1.33 bits per heavy atom. The van der Waals surface area contributed by atoms with E-state index in [9.17, 15) is 15.0 Å². The summed E-state index contributed by atoms with van der Waals surface area (Å²) in [5.74, 6) is -0.758. The van der Waals surface area contributed by atoms with Gasteiger partial charge in [-0.3, -0.25) is 4.79 Å². The lowest BCUT2D eigenvalue weighted by Crippen LogP contribution is -2.34. The van der Waals surface area contributed by atoms with Gasteiger partial charge in [0.1, 0.15) is 0 Å². The van der Waals surface area contributed by atoms with Crippen molar-refractivity contribution in [2.45, 2.75) is 65.4 Å². The summed E-state index contributed by atoms with van der Waals surface area (Å²) in [4.78, 5) is 11.3. The number of aliphatic hydroxyl groups is 1. The molecular weight excluding hydrogens is 192 g/mol. The van der Waals surface area contributed by atoms with Crippen LogP contribution in [0, 0.1) is 5.41 Å². The molecule has 0 spiro atoms. The summed E-state index contributed by atoms with van der Waals surface area (Å²) in [6.45, 7) is 5.83. The van der Waals surface area contributed by atoms with Gasteiger partial charge in [-0.15, -0.1) is 0 Å². The summed E-state index contributed by atoms with van der Waals surface area (Å²) in [7, 11) is 0. The van der Waals surface area contributed by atoms with Crippen LogP contribution in [0.3, 0.4) is 0 Å². The van der Waals surface area contributed by atoms with Gasteiger partial charge in [-0.1, -0.05) is 33.6 Å². The van der Waals surface area contributed by atoms with Crippen molar-refractivity contribution < 1.29 is 15.0 Å². The zero-order valence-electron chi connectivity index (χ0n) is 10.1. The van der Waals surface area contributed by atoms with Crippen LogP contribution in [0.25, 0.3) is 0 Å². The van der Waals surface area contributed by atoms with Crippen molar-refractivity contribution in [3.8, 4) is 0 Å². The molecule has 0 radical (unpaired) electrons. The van der Waals surface area contributed by atoms with Gasteiger partial charge < -0.3 is 10.2 Å². The van der Waals surface area contributed by atoms with Crippen molar-refractivity contribution in [2.24, 2.45) is 5.41 Å². The third kappa shape index (κ3) is 4.20. The molecular formula is C12H24O3. The summed E-state index contributed by atoms with van der Waals surface area (Å²) in [6.07, 6.45) is 3.70. The molecule has 15 heavy (non-hydrogen) atoms. The lowest BCUT2D eigenvalue weighted by Gasteiger charge is -2.30. The molecule has 0 aromatic carbocycles. The largest absolute Gasteiger partial charge is 0.481 e. The molecule has 2 unspecified atom stereocenters. The Bertz CT molecular complexity index is 191. The molecule has 2 atom stereocenters. The average molecular weight is 216 g/mol. The number of carboxylic acid groups (broad SMARTS) is 1. The van der Waals surface area contributed by atoms with Crippen molar-refractivity contribution in [1.82, 2.24) is 0 Å². The number of carboxylic acids is 1. The quantitative estimate of drug-likeness (QED) is 0.656. The van der Waals surface area contributed by atoms with Crippen LogP contribution in [-0.2, 0) is 4.79 Å². The first-order valence-electron chi connectivity index (χ1n) is 5.93. The van der Waals surface area contributed by atoms with E-state index in [1.807, 2.05) is 13.8 Å². The van der Waals surface area contributed by atoms with Crippen LogP contribution in [-0.4, -0.2) is 22.3 Å². The third-order valence-electron chi connectivity index (χ3n) is 3.24. The number of carbonyl (C=O) groups is 1. The molecule has 2 N–H and O–H groups in total. The van der Waals surface area contributed by atoms with Crippen LogP contribution >= 0.6 is 0 Å². The van der Waals surface area contributed by atoms with Crippen molar-refractivity contribution >= 4 is 5.97 Å². The van der Waals surface area contributed by atoms with E-state index < -0.39 is 17.5 Å². The van der Waals surface area contributed by atoms with E-state index in [-0.39, 0.29) is 0 Å². The molecule has 0 bridgehead atoms. The van der Waals surface area contributed by atoms with Crippen LogP contribution < -0.4 is 0 Å². The summed E-state index contributed by atoms with van der Waals surface area (Å²) in [5, 5.41) is 18.9. The fourth-order valence-electron chi connectivity index (χ4n) is 1.88. The van der Waals surface area contributed by atoms with Crippen molar-refractivity contribution in [3.05, 3.63) is 0 Å². The second-order valence-corrected chi connectivity index (χ2v) is 4.31. The molecule has 90 valence electrons. The second-order valence-electron chi connectivity index (χ2n) is 4.31. The minimum atomic E-state index is -0.758. The molecule has 0 heterocycles. The number of unbranched alkanes of at least 4 members (excludes halogenated alkanes) is 1. The third-order valence-corrected chi connectivity index (χ3v) is 3.24. The van der Waals surface area contributed by atoms with Crippen LogP contribution in [0.2, 0.25) is 0 Å². The standard InChI is InChI=1S/C12H24O3/c1-4-7-8-12(6-3,11(14)15)9-10(13)5-2/h10,13H,4-9H2,1-3H3,(H,14,15). The van der Waals surface area contributed by atoms with Gasteiger partial charge in [0.2, 0.25) is 0 Å². The number of aliphatic hydroxyl groups excluding tert-OH is 1. The monoisotopic (exact) mass is 216 g/mol. The maximum Gasteiger partial charge on any atom is 0.309 e. The zero-order valence-corrected chi connectivity index (χ0v) is 10.1. The highest BCUT2D eigenvalue weighted by atomic mass is 16.4. The van der Waals surface area contributed by atoms with Crippen molar-refractivity contribution in [1.29, 1.82) is 0 Å². The molecule has 0 aromatic rings. The topological polar surface area (TPSA) is 57.5 Å². The maximum absolute atomic E-state index is 11.3. The Morgan fingerprint density at radius 2 is 1.93 bits per heavy atom. The molecule has 0 amide bonds. The first kappa shape index (κ1) is 14.4.